The Bertz CT molecular complexity index is 375. The van der Waals surface area contributed by atoms with Gasteiger partial charge in [0.2, 0.25) is 0 Å². The fourth-order valence-electron chi connectivity index (χ4n) is 1.69. The Morgan fingerprint density at radius 2 is 2.06 bits per heavy atom. The molecule has 1 unspecified atom stereocenters. The van der Waals surface area contributed by atoms with E-state index in [1.807, 2.05) is 0 Å². The van der Waals surface area contributed by atoms with Crippen LogP contribution in [0.5, 0.6) is 5.75 Å². The number of hydrogen-bond donors (Lipinski definition) is 2. The van der Waals surface area contributed by atoms with Crippen molar-refractivity contribution in [3.8, 4) is 5.75 Å². The smallest absolute Gasteiger partial charge is 0.306 e. The van der Waals surface area contributed by atoms with Gasteiger partial charge in [-0.1, -0.05) is 25.1 Å². The number of methoxy groups -OCH3 is 1. The minimum absolute atomic E-state index is 0.319. The quantitative estimate of drug-likeness (QED) is 0.799. The normalized spacial score (nSPS) is 14.2. The third-order valence-corrected chi connectivity index (χ3v) is 2.64. The number of para-hydroxylation sites is 1. The van der Waals surface area contributed by atoms with E-state index in [1.165, 1.54) is 7.11 Å². The van der Waals surface area contributed by atoms with Gasteiger partial charge in [-0.15, -0.1) is 0 Å². The van der Waals surface area contributed by atoms with Gasteiger partial charge in [0.25, 0.3) is 0 Å². The van der Waals surface area contributed by atoms with Crippen LogP contribution in [0.1, 0.15) is 25.3 Å². The molecule has 0 aliphatic rings. The summed E-state index contributed by atoms with van der Waals surface area (Å²) in [6, 6.07) is 6.92. The molecule has 1 aromatic carbocycles. The van der Waals surface area contributed by atoms with Crippen molar-refractivity contribution in [2.45, 2.75) is 25.4 Å². The molecule has 4 heteroatoms. The van der Waals surface area contributed by atoms with Gasteiger partial charge in [-0.3, -0.25) is 4.79 Å². The molecule has 0 fully saturated rings. The maximum Gasteiger partial charge on any atom is 0.306 e. The molecule has 0 saturated heterocycles. The average Bonchev–Trinajstić information content (AvgIpc) is 2.28. The van der Waals surface area contributed by atoms with E-state index < -0.39 is 11.6 Å². The lowest BCUT2D eigenvalue weighted by atomic mass is 9.87. The average molecular weight is 224 g/mol. The van der Waals surface area contributed by atoms with Crippen LogP contribution in [0.25, 0.3) is 0 Å². The van der Waals surface area contributed by atoms with E-state index in [1.54, 1.807) is 31.2 Å². The molecule has 1 atom stereocenters. The number of ether oxygens (including phenoxy) is 1. The number of carboxylic acid groups (broad SMARTS) is 1. The largest absolute Gasteiger partial charge is 0.496 e. The van der Waals surface area contributed by atoms with Crippen LogP contribution in [-0.2, 0) is 10.4 Å². The van der Waals surface area contributed by atoms with Crippen LogP contribution in [0.15, 0.2) is 24.3 Å². The molecule has 88 valence electrons. The second-order valence-corrected chi connectivity index (χ2v) is 3.66. The van der Waals surface area contributed by atoms with Crippen LogP contribution >= 0.6 is 0 Å². The first-order chi connectivity index (χ1) is 7.53. The maximum absolute atomic E-state index is 10.7. The lowest BCUT2D eigenvalue weighted by molar-refractivity contribution is -0.143. The molecule has 0 radical (unpaired) electrons. The zero-order chi connectivity index (χ0) is 12.2. The molecule has 16 heavy (non-hydrogen) atoms. The molecule has 0 saturated carbocycles. The third-order valence-electron chi connectivity index (χ3n) is 2.64. The minimum atomic E-state index is -1.38. The van der Waals surface area contributed by atoms with Crippen molar-refractivity contribution in [2.24, 2.45) is 0 Å². The van der Waals surface area contributed by atoms with Gasteiger partial charge >= 0.3 is 5.97 Å². The summed E-state index contributed by atoms with van der Waals surface area (Å²) in [5.74, 6) is -0.525. The Kier molecular flexibility index (Phi) is 3.90. The number of carboxylic acids is 1. The molecule has 2 N–H and O–H groups in total. The summed E-state index contributed by atoms with van der Waals surface area (Å²) in [7, 11) is 1.50. The molecule has 0 heterocycles. The number of aliphatic carboxylic acids is 1. The van der Waals surface area contributed by atoms with E-state index >= 15 is 0 Å². The summed E-state index contributed by atoms with van der Waals surface area (Å²) in [6.45, 7) is 1.75. The molecule has 4 nitrogen and oxygen atoms in total. The first kappa shape index (κ1) is 12.5. The number of carbonyl (C=O) groups is 1. The highest BCUT2D eigenvalue weighted by atomic mass is 16.5. The van der Waals surface area contributed by atoms with E-state index in [9.17, 15) is 9.90 Å². The van der Waals surface area contributed by atoms with E-state index in [4.69, 9.17) is 9.84 Å². The van der Waals surface area contributed by atoms with Crippen molar-refractivity contribution < 1.29 is 19.7 Å². The summed E-state index contributed by atoms with van der Waals surface area (Å²) < 4.78 is 5.12. The highest BCUT2D eigenvalue weighted by molar-refractivity contribution is 5.69. The molecule has 1 rings (SSSR count). The Morgan fingerprint density at radius 1 is 1.44 bits per heavy atom. The van der Waals surface area contributed by atoms with Crippen molar-refractivity contribution in [3.05, 3.63) is 29.8 Å². The van der Waals surface area contributed by atoms with Gasteiger partial charge in [-0.05, 0) is 12.5 Å². The topological polar surface area (TPSA) is 66.8 Å². The number of rotatable bonds is 5. The van der Waals surface area contributed by atoms with E-state index in [-0.39, 0.29) is 6.42 Å². The first-order valence-electron chi connectivity index (χ1n) is 5.11. The second-order valence-electron chi connectivity index (χ2n) is 3.66. The summed E-state index contributed by atoms with van der Waals surface area (Å²) >= 11 is 0. The van der Waals surface area contributed by atoms with Crippen molar-refractivity contribution in [3.63, 3.8) is 0 Å². The first-order valence-corrected chi connectivity index (χ1v) is 5.11. The minimum Gasteiger partial charge on any atom is -0.496 e. The highest BCUT2D eigenvalue weighted by Crippen LogP contribution is 2.35. The van der Waals surface area contributed by atoms with E-state index in [0.29, 0.717) is 17.7 Å². The van der Waals surface area contributed by atoms with Crippen LogP contribution in [0.4, 0.5) is 0 Å². The highest BCUT2D eigenvalue weighted by Gasteiger charge is 2.32. The predicted molar refractivity (Wildman–Crippen MR) is 59.4 cm³/mol. The third kappa shape index (κ3) is 2.52. The standard InChI is InChI=1S/C12H16O4/c1-3-12(15,8-11(13)14)9-6-4-5-7-10(9)16-2/h4-7,15H,3,8H2,1-2H3,(H,13,14). The van der Waals surface area contributed by atoms with E-state index in [2.05, 4.69) is 0 Å². The summed E-state index contributed by atoms with van der Waals surface area (Å²) in [4.78, 5) is 10.7. The van der Waals surface area contributed by atoms with Crippen molar-refractivity contribution in [1.29, 1.82) is 0 Å². The van der Waals surface area contributed by atoms with Crippen LogP contribution < -0.4 is 4.74 Å². The Morgan fingerprint density at radius 3 is 2.56 bits per heavy atom. The van der Waals surface area contributed by atoms with Crippen molar-refractivity contribution >= 4 is 5.97 Å². The molecule has 0 amide bonds. The van der Waals surface area contributed by atoms with Gasteiger partial charge in [0.15, 0.2) is 0 Å². The van der Waals surface area contributed by atoms with Crippen LogP contribution in [0.3, 0.4) is 0 Å². The predicted octanol–water partition coefficient (Wildman–Crippen LogP) is 1.77. The van der Waals surface area contributed by atoms with Gasteiger partial charge in [0.05, 0.1) is 13.5 Å². The summed E-state index contributed by atoms with van der Waals surface area (Å²) in [6.07, 6.45) is -0.0104. The lowest BCUT2D eigenvalue weighted by Crippen LogP contribution is -2.28. The molecule has 0 spiro atoms. The molecular formula is C12H16O4. The van der Waals surface area contributed by atoms with Gasteiger partial charge in [-0.25, -0.2) is 0 Å². The van der Waals surface area contributed by atoms with Gasteiger partial charge < -0.3 is 14.9 Å². The van der Waals surface area contributed by atoms with Gasteiger partial charge in [0.1, 0.15) is 11.4 Å². The van der Waals surface area contributed by atoms with E-state index in [0.717, 1.165) is 0 Å². The summed E-state index contributed by atoms with van der Waals surface area (Å²) in [5.41, 5.74) is -0.860. The Labute approximate surface area is 94.5 Å². The number of hydrogen-bond acceptors (Lipinski definition) is 3. The maximum atomic E-state index is 10.7. The van der Waals surface area contributed by atoms with Crippen molar-refractivity contribution in [1.82, 2.24) is 0 Å². The fourth-order valence-corrected chi connectivity index (χ4v) is 1.69. The fraction of sp³-hybridized carbons (Fsp3) is 0.417. The van der Waals surface area contributed by atoms with Gasteiger partial charge in [0, 0.05) is 5.56 Å². The van der Waals surface area contributed by atoms with Gasteiger partial charge in [-0.2, -0.15) is 0 Å². The number of aliphatic hydroxyl groups is 1. The molecule has 0 aliphatic carbocycles. The zero-order valence-electron chi connectivity index (χ0n) is 9.43. The monoisotopic (exact) mass is 224 g/mol. The number of benzene rings is 1. The summed E-state index contributed by atoms with van der Waals surface area (Å²) in [5, 5.41) is 19.1. The molecular weight excluding hydrogens is 208 g/mol. The SMILES string of the molecule is CCC(O)(CC(=O)O)c1ccccc1OC. The lowest BCUT2D eigenvalue weighted by Gasteiger charge is -2.27. The van der Waals surface area contributed by atoms with Crippen molar-refractivity contribution in [2.75, 3.05) is 7.11 Å². The molecule has 0 aliphatic heterocycles. The zero-order valence-corrected chi connectivity index (χ0v) is 9.43. The van der Waals surface area contributed by atoms with Crippen LogP contribution in [0.2, 0.25) is 0 Å². The second kappa shape index (κ2) is 4.99. The van der Waals surface area contributed by atoms with Crippen LogP contribution in [0, 0.1) is 0 Å². The molecule has 0 bridgehead atoms. The molecule has 1 aromatic rings. The Hall–Kier alpha value is -1.55. The Balaban J connectivity index is 3.16. The molecule has 0 aromatic heterocycles. The van der Waals surface area contributed by atoms with Crippen LogP contribution in [-0.4, -0.2) is 23.3 Å².